The monoisotopic (exact) mass is 362 g/mol. The van der Waals surface area contributed by atoms with Gasteiger partial charge in [0.05, 0.1) is 0 Å². The van der Waals surface area contributed by atoms with Gasteiger partial charge in [0.15, 0.2) is 13.1 Å². The fourth-order valence-electron chi connectivity index (χ4n) is 3.34. The molecule has 1 aliphatic rings. The second-order valence-electron chi connectivity index (χ2n) is 7.29. The highest BCUT2D eigenvalue weighted by atomic mass is 16.2. The predicted octanol–water partition coefficient (Wildman–Crippen LogP) is -1.11. The van der Waals surface area contributed by atoms with E-state index in [2.05, 4.69) is 30.5 Å². The number of amides is 2. The van der Waals surface area contributed by atoms with Gasteiger partial charge in [0.2, 0.25) is 0 Å². The molecular weight excluding hydrogens is 328 g/mol. The third kappa shape index (κ3) is 6.42. The predicted molar refractivity (Wildman–Crippen MR) is 103 cm³/mol. The summed E-state index contributed by atoms with van der Waals surface area (Å²) < 4.78 is 0. The number of piperazine rings is 1. The summed E-state index contributed by atoms with van der Waals surface area (Å²) in [6, 6.07) is 8.20. The Morgan fingerprint density at radius 1 is 1.00 bits per heavy atom. The van der Waals surface area contributed by atoms with E-state index in [9.17, 15) is 9.59 Å². The molecule has 1 atom stereocenters. The number of hydrogen-bond acceptors (Lipinski definition) is 2. The van der Waals surface area contributed by atoms with Crippen molar-refractivity contribution in [3.8, 4) is 0 Å². The minimum atomic E-state index is 0.0684. The first kappa shape index (κ1) is 20.4. The molecule has 2 amide bonds. The van der Waals surface area contributed by atoms with Crippen molar-refractivity contribution in [3.05, 3.63) is 29.8 Å². The summed E-state index contributed by atoms with van der Waals surface area (Å²) in [6.45, 7) is 10.9. The van der Waals surface area contributed by atoms with Gasteiger partial charge >= 0.3 is 0 Å². The molecule has 0 bridgehead atoms. The third-order valence-electron chi connectivity index (χ3n) is 5.18. The summed E-state index contributed by atoms with van der Waals surface area (Å²) in [7, 11) is 0. The van der Waals surface area contributed by atoms with Crippen molar-refractivity contribution in [2.75, 3.05) is 44.6 Å². The Hall–Kier alpha value is -1.92. The maximum absolute atomic E-state index is 12.4. The topological polar surface area (TPSA) is 67.1 Å². The molecule has 0 unspecified atom stereocenters. The zero-order valence-corrected chi connectivity index (χ0v) is 16.4. The Kier molecular flexibility index (Phi) is 8.06. The van der Waals surface area contributed by atoms with Gasteiger partial charge in [-0.15, -0.1) is 0 Å². The van der Waals surface area contributed by atoms with E-state index in [1.807, 2.05) is 25.1 Å². The van der Waals surface area contributed by atoms with Crippen LogP contribution in [-0.2, 0) is 16.0 Å². The molecule has 6 heteroatoms. The number of hydrogen-bond donors (Lipinski definition) is 4. The smallest absolute Gasteiger partial charge is 0.279 e. The highest BCUT2D eigenvalue weighted by Crippen LogP contribution is 2.14. The van der Waals surface area contributed by atoms with E-state index in [0.717, 1.165) is 50.3 Å². The maximum atomic E-state index is 12.4. The summed E-state index contributed by atoms with van der Waals surface area (Å²) >= 11 is 0. The lowest BCUT2D eigenvalue weighted by atomic mass is 10.1. The van der Waals surface area contributed by atoms with Crippen molar-refractivity contribution in [1.29, 1.82) is 0 Å². The Bertz CT molecular complexity index is 597. The van der Waals surface area contributed by atoms with Gasteiger partial charge in [-0.05, 0) is 31.4 Å². The molecule has 0 spiro atoms. The number of rotatable bonds is 8. The molecule has 1 saturated heterocycles. The molecule has 0 radical (unpaired) electrons. The zero-order chi connectivity index (χ0) is 18.9. The number of nitrogens with one attached hydrogen (secondary N) is 4. The van der Waals surface area contributed by atoms with E-state index in [1.54, 1.807) is 0 Å². The fourth-order valence-corrected chi connectivity index (χ4v) is 3.34. The molecule has 1 aromatic carbocycles. The summed E-state index contributed by atoms with van der Waals surface area (Å²) in [5.41, 5.74) is 2.09. The van der Waals surface area contributed by atoms with Gasteiger partial charge in [-0.2, -0.15) is 0 Å². The average molecular weight is 363 g/mol. The molecule has 1 fully saturated rings. The second kappa shape index (κ2) is 10.3. The molecule has 2 rings (SSSR count). The van der Waals surface area contributed by atoms with Crippen LogP contribution in [0, 0.1) is 0 Å². The van der Waals surface area contributed by atoms with E-state index in [1.165, 1.54) is 9.80 Å². The summed E-state index contributed by atoms with van der Waals surface area (Å²) in [5.74, 6) is 0.200. The molecule has 1 aromatic rings. The largest absolute Gasteiger partial charge is 0.349 e. The van der Waals surface area contributed by atoms with E-state index in [4.69, 9.17) is 0 Å². The lowest BCUT2D eigenvalue weighted by Gasteiger charge is -2.29. The number of anilines is 1. The molecule has 4 N–H and O–H groups in total. The normalized spacial score (nSPS) is 21.0. The van der Waals surface area contributed by atoms with Crippen molar-refractivity contribution in [3.63, 3.8) is 0 Å². The van der Waals surface area contributed by atoms with Gasteiger partial charge in [-0.1, -0.05) is 32.0 Å². The molecule has 0 aromatic heterocycles. The highest BCUT2D eigenvalue weighted by Gasteiger charge is 2.26. The molecule has 6 nitrogen and oxygen atoms in total. The van der Waals surface area contributed by atoms with E-state index >= 15 is 0 Å². The zero-order valence-electron chi connectivity index (χ0n) is 16.4. The fraction of sp³-hybridized carbons (Fsp3) is 0.600. The van der Waals surface area contributed by atoms with Gasteiger partial charge in [0.1, 0.15) is 26.2 Å². The van der Waals surface area contributed by atoms with Crippen LogP contribution < -0.4 is 20.4 Å². The van der Waals surface area contributed by atoms with E-state index < -0.39 is 0 Å². The number of carbonyl (C=O) groups is 2. The highest BCUT2D eigenvalue weighted by molar-refractivity contribution is 5.92. The first-order valence-corrected chi connectivity index (χ1v) is 9.86. The number of benzene rings is 1. The van der Waals surface area contributed by atoms with Crippen LogP contribution >= 0.6 is 0 Å². The summed E-state index contributed by atoms with van der Waals surface area (Å²) in [6.07, 6.45) is 1.86. The van der Waals surface area contributed by atoms with E-state index in [-0.39, 0.29) is 17.9 Å². The van der Waals surface area contributed by atoms with Crippen LogP contribution in [0.15, 0.2) is 24.3 Å². The second-order valence-corrected chi connectivity index (χ2v) is 7.29. The third-order valence-corrected chi connectivity index (χ3v) is 5.18. The Labute approximate surface area is 156 Å². The average Bonchev–Trinajstić information content (AvgIpc) is 2.63. The molecule has 26 heavy (non-hydrogen) atoms. The minimum absolute atomic E-state index is 0.0684. The first-order valence-electron chi connectivity index (χ1n) is 9.86. The van der Waals surface area contributed by atoms with Gasteiger partial charge in [0, 0.05) is 11.7 Å². The van der Waals surface area contributed by atoms with Crippen molar-refractivity contribution in [1.82, 2.24) is 5.32 Å². The molecule has 0 aliphatic carbocycles. The summed E-state index contributed by atoms with van der Waals surface area (Å²) in [5, 5.41) is 6.08. The van der Waals surface area contributed by atoms with Gasteiger partial charge in [-0.25, -0.2) is 0 Å². The SMILES string of the molecule is CCc1ccccc1NC(=O)C[NH+]1CC[NH+](CC(=O)N[C@H](C)CC)CC1. The lowest BCUT2D eigenvalue weighted by Crippen LogP contribution is -3.28. The van der Waals surface area contributed by atoms with Crippen LogP contribution in [0.3, 0.4) is 0 Å². The lowest BCUT2D eigenvalue weighted by molar-refractivity contribution is -1.00. The van der Waals surface area contributed by atoms with Crippen molar-refractivity contribution < 1.29 is 19.4 Å². The van der Waals surface area contributed by atoms with Crippen LogP contribution in [0.25, 0.3) is 0 Å². The molecule has 1 aliphatic heterocycles. The van der Waals surface area contributed by atoms with Crippen LogP contribution in [0.4, 0.5) is 5.69 Å². The summed E-state index contributed by atoms with van der Waals surface area (Å²) in [4.78, 5) is 27.0. The first-order chi connectivity index (χ1) is 12.5. The van der Waals surface area contributed by atoms with Gasteiger partial charge in [0.25, 0.3) is 11.8 Å². The molecular formula is C20H34N4O2+2. The van der Waals surface area contributed by atoms with E-state index in [0.29, 0.717) is 13.1 Å². The van der Waals surface area contributed by atoms with Crippen LogP contribution in [0.2, 0.25) is 0 Å². The van der Waals surface area contributed by atoms with Crippen LogP contribution in [0.1, 0.15) is 32.8 Å². The number of para-hydroxylation sites is 1. The number of carbonyl (C=O) groups excluding carboxylic acids is 2. The van der Waals surface area contributed by atoms with Crippen LogP contribution in [-0.4, -0.2) is 57.1 Å². The Balaban J connectivity index is 1.73. The molecule has 0 saturated carbocycles. The molecule has 1 heterocycles. The molecule has 144 valence electrons. The van der Waals surface area contributed by atoms with Crippen LogP contribution in [0.5, 0.6) is 0 Å². The van der Waals surface area contributed by atoms with Gasteiger partial charge < -0.3 is 20.4 Å². The quantitative estimate of drug-likeness (QED) is 0.474. The maximum Gasteiger partial charge on any atom is 0.279 e. The van der Waals surface area contributed by atoms with Gasteiger partial charge in [-0.3, -0.25) is 9.59 Å². The Morgan fingerprint density at radius 2 is 1.58 bits per heavy atom. The number of quaternary nitrogens is 2. The van der Waals surface area contributed by atoms with Crippen molar-refractivity contribution >= 4 is 17.5 Å². The minimum Gasteiger partial charge on any atom is -0.349 e. The number of aryl methyl sites for hydroxylation is 1. The van der Waals surface area contributed by atoms with Crippen molar-refractivity contribution in [2.24, 2.45) is 0 Å². The standard InChI is InChI=1S/C20H32N4O2/c1-4-16(3)21-19(25)14-23-10-12-24(13-11-23)15-20(26)22-18-9-7-6-8-17(18)5-2/h6-9,16H,4-5,10-15H2,1-3H3,(H,21,25)(H,22,26)/p+2/t16-/m1/s1. The van der Waals surface area contributed by atoms with Crippen molar-refractivity contribution in [2.45, 2.75) is 39.7 Å². The Morgan fingerprint density at radius 3 is 2.15 bits per heavy atom.